The van der Waals surface area contributed by atoms with E-state index < -0.39 is 0 Å². The van der Waals surface area contributed by atoms with E-state index >= 15 is 0 Å². The van der Waals surface area contributed by atoms with E-state index in [1.807, 2.05) is 19.9 Å². The maximum absolute atomic E-state index is 13.9. The standard InChI is InChI=1S/C15H16Cl2FN3/c1-3-6-19-14-10(16)8-11(17)15(21-14)20-13-5-4-9(2)7-12(13)18/h4-5,7-8H,3,6H2,1-2H3,(H2,19,20,21). The van der Waals surface area contributed by atoms with Gasteiger partial charge in [-0.15, -0.1) is 0 Å². The number of aromatic nitrogens is 1. The van der Waals surface area contributed by atoms with Crippen molar-refractivity contribution in [3.63, 3.8) is 0 Å². The van der Waals surface area contributed by atoms with E-state index in [2.05, 4.69) is 15.6 Å². The normalized spacial score (nSPS) is 10.5. The van der Waals surface area contributed by atoms with E-state index in [-0.39, 0.29) is 5.82 Å². The smallest absolute Gasteiger partial charge is 0.151 e. The van der Waals surface area contributed by atoms with Crippen molar-refractivity contribution in [3.05, 3.63) is 45.7 Å². The Balaban J connectivity index is 2.30. The number of nitrogens with one attached hydrogen (secondary N) is 2. The molecule has 2 N–H and O–H groups in total. The zero-order valence-electron chi connectivity index (χ0n) is 11.8. The SMILES string of the molecule is CCCNc1nc(Nc2ccc(C)cc2F)c(Cl)cc1Cl. The highest BCUT2D eigenvalue weighted by Crippen LogP contribution is 2.31. The first kappa shape index (κ1) is 15.9. The van der Waals surface area contributed by atoms with Crippen LogP contribution in [0.2, 0.25) is 10.0 Å². The molecule has 0 aliphatic rings. The minimum absolute atomic E-state index is 0.318. The Morgan fingerprint density at radius 3 is 2.52 bits per heavy atom. The zero-order chi connectivity index (χ0) is 15.4. The van der Waals surface area contributed by atoms with Crippen LogP contribution < -0.4 is 10.6 Å². The van der Waals surface area contributed by atoms with E-state index in [9.17, 15) is 4.39 Å². The molecule has 112 valence electrons. The fourth-order valence-electron chi connectivity index (χ4n) is 1.77. The first-order valence-corrected chi connectivity index (χ1v) is 7.40. The summed E-state index contributed by atoms with van der Waals surface area (Å²) in [5, 5.41) is 6.77. The van der Waals surface area contributed by atoms with Crippen LogP contribution in [0.25, 0.3) is 0 Å². The lowest BCUT2D eigenvalue weighted by Crippen LogP contribution is -2.05. The Labute approximate surface area is 133 Å². The molecule has 0 unspecified atom stereocenters. The number of rotatable bonds is 5. The topological polar surface area (TPSA) is 37.0 Å². The molecule has 0 saturated carbocycles. The lowest BCUT2D eigenvalue weighted by atomic mass is 10.2. The first-order valence-electron chi connectivity index (χ1n) is 6.64. The first-order chi connectivity index (χ1) is 10.0. The maximum atomic E-state index is 13.9. The number of pyridine rings is 1. The Hall–Kier alpha value is -1.52. The Morgan fingerprint density at radius 1 is 1.14 bits per heavy atom. The Morgan fingerprint density at radius 2 is 1.86 bits per heavy atom. The molecule has 2 rings (SSSR count). The molecule has 0 bridgehead atoms. The minimum Gasteiger partial charge on any atom is -0.369 e. The zero-order valence-corrected chi connectivity index (χ0v) is 13.3. The van der Waals surface area contributed by atoms with Gasteiger partial charge in [0.25, 0.3) is 0 Å². The number of hydrogen-bond donors (Lipinski definition) is 2. The number of anilines is 3. The van der Waals surface area contributed by atoms with Gasteiger partial charge >= 0.3 is 0 Å². The average molecular weight is 328 g/mol. The highest BCUT2D eigenvalue weighted by molar-refractivity contribution is 6.37. The third kappa shape index (κ3) is 3.99. The number of benzene rings is 1. The highest BCUT2D eigenvalue weighted by atomic mass is 35.5. The molecule has 3 nitrogen and oxygen atoms in total. The lowest BCUT2D eigenvalue weighted by Gasteiger charge is -2.13. The quantitative estimate of drug-likeness (QED) is 0.771. The number of halogens is 3. The maximum Gasteiger partial charge on any atom is 0.151 e. The molecule has 6 heteroatoms. The predicted molar refractivity (Wildman–Crippen MR) is 87.5 cm³/mol. The fraction of sp³-hybridized carbons (Fsp3) is 0.267. The van der Waals surface area contributed by atoms with Crippen LogP contribution in [0.15, 0.2) is 24.3 Å². The molecule has 0 atom stereocenters. The van der Waals surface area contributed by atoms with Crippen molar-refractivity contribution in [2.45, 2.75) is 20.3 Å². The van der Waals surface area contributed by atoms with Crippen LogP contribution in [0.5, 0.6) is 0 Å². The molecule has 0 aliphatic carbocycles. The van der Waals surface area contributed by atoms with Gasteiger partial charge in [-0.25, -0.2) is 9.37 Å². The number of nitrogens with zero attached hydrogens (tertiary/aromatic N) is 1. The predicted octanol–water partition coefficient (Wildman–Crippen LogP) is 5.40. The molecule has 0 aliphatic heterocycles. The van der Waals surface area contributed by atoms with Crippen LogP contribution in [0.1, 0.15) is 18.9 Å². The lowest BCUT2D eigenvalue weighted by molar-refractivity contribution is 0.630. The summed E-state index contributed by atoms with van der Waals surface area (Å²) in [6.45, 7) is 4.61. The Kier molecular flexibility index (Phi) is 5.26. The fourth-order valence-corrected chi connectivity index (χ4v) is 2.24. The van der Waals surface area contributed by atoms with Crippen LogP contribution in [0, 0.1) is 12.7 Å². The van der Waals surface area contributed by atoms with Gasteiger partial charge in [0, 0.05) is 6.54 Å². The van der Waals surface area contributed by atoms with Crippen LogP contribution in [-0.4, -0.2) is 11.5 Å². The molecule has 1 heterocycles. The van der Waals surface area contributed by atoms with Gasteiger partial charge in [0.15, 0.2) is 5.82 Å². The van der Waals surface area contributed by atoms with Gasteiger partial charge in [-0.05, 0) is 37.1 Å². The summed E-state index contributed by atoms with van der Waals surface area (Å²) in [5.41, 5.74) is 1.16. The summed E-state index contributed by atoms with van der Waals surface area (Å²) in [5.74, 6) is 0.534. The average Bonchev–Trinajstić information content (AvgIpc) is 2.43. The van der Waals surface area contributed by atoms with E-state index in [1.165, 1.54) is 6.07 Å². The summed E-state index contributed by atoms with van der Waals surface area (Å²) in [7, 11) is 0. The summed E-state index contributed by atoms with van der Waals surface area (Å²) < 4.78 is 13.9. The molecular formula is C15H16Cl2FN3. The van der Waals surface area contributed by atoms with Crippen LogP contribution in [0.4, 0.5) is 21.7 Å². The molecule has 2 aromatic rings. The van der Waals surface area contributed by atoms with E-state index in [1.54, 1.807) is 12.1 Å². The molecular weight excluding hydrogens is 312 g/mol. The molecule has 1 aromatic heterocycles. The molecule has 0 spiro atoms. The largest absolute Gasteiger partial charge is 0.369 e. The summed E-state index contributed by atoms with van der Waals surface area (Å²) in [4.78, 5) is 4.32. The number of hydrogen-bond acceptors (Lipinski definition) is 3. The van der Waals surface area contributed by atoms with E-state index in [4.69, 9.17) is 23.2 Å². The van der Waals surface area contributed by atoms with Gasteiger partial charge in [0.1, 0.15) is 11.6 Å². The van der Waals surface area contributed by atoms with E-state index in [0.29, 0.717) is 27.4 Å². The van der Waals surface area contributed by atoms with Gasteiger partial charge < -0.3 is 10.6 Å². The van der Waals surface area contributed by atoms with Crippen molar-refractivity contribution in [2.75, 3.05) is 17.2 Å². The van der Waals surface area contributed by atoms with Gasteiger partial charge in [0.2, 0.25) is 0 Å². The second kappa shape index (κ2) is 6.96. The van der Waals surface area contributed by atoms with Gasteiger partial charge in [-0.3, -0.25) is 0 Å². The van der Waals surface area contributed by atoms with Crippen molar-refractivity contribution in [1.82, 2.24) is 4.98 Å². The molecule has 0 fully saturated rings. The highest BCUT2D eigenvalue weighted by Gasteiger charge is 2.11. The van der Waals surface area contributed by atoms with Gasteiger partial charge in [-0.2, -0.15) is 0 Å². The Bertz CT molecular complexity index is 647. The molecule has 1 aromatic carbocycles. The summed E-state index contributed by atoms with van der Waals surface area (Å²) >= 11 is 12.2. The molecule has 0 radical (unpaired) electrons. The molecule has 21 heavy (non-hydrogen) atoms. The minimum atomic E-state index is -0.356. The summed E-state index contributed by atoms with van der Waals surface area (Å²) in [6.07, 6.45) is 0.940. The van der Waals surface area contributed by atoms with Crippen molar-refractivity contribution in [1.29, 1.82) is 0 Å². The monoisotopic (exact) mass is 327 g/mol. The molecule has 0 saturated heterocycles. The summed E-state index contributed by atoms with van der Waals surface area (Å²) in [6, 6.07) is 6.49. The van der Waals surface area contributed by atoms with Crippen molar-refractivity contribution in [3.8, 4) is 0 Å². The van der Waals surface area contributed by atoms with Crippen molar-refractivity contribution >= 4 is 40.5 Å². The van der Waals surface area contributed by atoms with E-state index in [0.717, 1.165) is 18.5 Å². The van der Waals surface area contributed by atoms with Crippen molar-refractivity contribution in [2.24, 2.45) is 0 Å². The second-order valence-electron chi connectivity index (χ2n) is 4.68. The molecule has 0 amide bonds. The van der Waals surface area contributed by atoms with Crippen molar-refractivity contribution < 1.29 is 4.39 Å². The van der Waals surface area contributed by atoms with Crippen LogP contribution in [-0.2, 0) is 0 Å². The third-order valence-corrected chi connectivity index (χ3v) is 3.43. The van der Waals surface area contributed by atoms with Gasteiger partial charge in [0.05, 0.1) is 15.7 Å². The number of aryl methyl sites for hydroxylation is 1. The second-order valence-corrected chi connectivity index (χ2v) is 5.50. The van der Waals surface area contributed by atoms with Crippen LogP contribution in [0.3, 0.4) is 0 Å². The van der Waals surface area contributed by atoms with Gasteiger partial charge in [-0.1, -0.05) is 36.2 Å². The third-order valence-electron chi connectivity index (χ3n) is 2.85. The van der Waals surface area contributed by atoms with Crippen LogP contribution >= 0.6 is 23.2 Å².